The van der Waals surface area contributed by atoms with E-state index in [9.17, 15) is 4.79 Å². The highest BCUT2D eigenvalue weighted by Gasteiger charge is 1.99. The number of nitrogens with one attached hydrogen (secondary N) is 1. The molecule has 0 spiro atoms. The van der Waals surface area contributed by atoms with Crippen LogP contribution in [-0.2, 0) is 0 Å². The maximum Gasteiger partial charge on any atom is 0.279 e. The SMILES string of the molecule is CSCSCSCNC(=O)SCCO. The Hall–Kier alpha value is 0.830. The summed E-state index contributed by atoms with van der Waals surface area (Å²) in [5, 5.41) is 13.3. The number of thioether (sulfide) groups is 4. The van der Waals surface area contributed by atoms with Gasteiger partial charge in [0.1, 0.15) is 0 Å². The van der Waals surface area contributed by atoms with Crippen LogP contribution in [0.3, 0.4) is 0 Å². The number of rotatable bonds is 8. The molecule has 14 heavy (non-hydrogen) atoms. The lowest BCUT2D eigenvalue weighted by molar-refractivity contribution is 0.261. The monoisotopic (exact) mass is 273 g/mol. The van der Waals surface area contributed by atoms with Gasteiger partial charge in [0.25, 0.3) is 5.24 Å². The van der Waals surface area contributed by atoms with Crippen molar-refractivity contribution < 1.29 is 9.90 Å². The van der Waals surface area contributed by atoms with E-state index in [1.165, 1.54) is 0 Å². The van der Waals surface area contributed by atoms with Crippen molar-refractivity contribution in [1.82, 2.24) is 5.32 Å². The highest BCUT2D eigenvalue weighted by Crippen LogP contribution is 2.15. The molecule has 0 aromatic heterocycles. The largest absolute Gasteiger partial charge is 0.396 e. The smallest absolute Gasteiger partial charge is 0.279 e. The fourth-order valence-electron chi connectivity index (χ4n) is 0.517. The second kappa shape index (κ2) is 11.9. The normalized spacial score (nSPS) is 10.1. The summed E-state index contributed by atoms with van der Waals surface area (Å²) in [6.07, 6.45) is 2.07. The third-order valence-electron chi connectivity index (χ3n) is 1.01. The highest BCUT2D eigenvalue weighted by molar-refractivity contribution is 8.22. The summed E-state index contributed by atoms with van der Waals surface area (Å²) < 4.78 is 0. The fraction of sp³-hybridized carbons (Fsp3) is 0.857. The Labute approximate surface area is 102 Å². The molecule has 0 fully saturated rings. The third kappa shape index (κ3) is 10.9. The molecule has 0 rings (SSSR count). The lowest BCUT2D eigenvalue weighted by Gasteiger charge is -2.03. The van der Waals surface area contributed by atoms with Gasteiger partial charge in [-0.3, -0.25) is 4.79 Å². The lowest BCUT2D eigenvalue weighted by Crippen LogP contribution is -2.18. The van der Waals surface area contributed by atoms with Gasteiger partial charge in [-0.05, 0) is 6.26 Å². The number of hydrogen-bond donors (Lipinski definition) is 2. The first kappa shape index (κ1) is 14.8. The van der Waals surface area contributed by atoms with E-state index in [1.807, 2.05) is 23.5 Å². The van der Waals surface area contributed by atoms with E-state index >= 15 is 0 Å². The van der Waals surface area contributed by atoms with Gasteiger partial charge in [-0.15, -0.1) is 23.5 Å². The number of amides is 1. The first-order valence-corrected chi connectivity index (χ1v) is 8.66. The van der Waals surface area contributed by atoms with Crippen molar-refractivity contribution in [3.05, 3.63) is 0 Å². The van der Waals surface area contributed by atoms with E-state index in [4.69, 9.17) is 5.11 Å². The molecule has 0 aliphatic heterocycles. The van der Waals surface area contributed by atoms with Crippen molar-refractivity contribution in [2.24, 2.45) is 0 Å². The van der Waals surface area contributed by atoms with Gasteiger partial charge in [0, 0.05) is 15.9 Å². The molecule has 0 saturated heterocycles. The topological polar surface area (TPSA) is 49.3 Å². The molecule has 7 heteroatoms. The molecule has 0 radical (unpaired) electrons. The molecule has 0 atom stereocenters. The number of aliphatic hydroxyl groups excluding tert-OH is 1. The van der Waals surface area contributed by atoms with Crippen LogP contribution >= 0.6 is 47.0 Å². The third-order valence-corrected chi connectivity index (χ3v) is 5.10. The molecule has 0 aromatic carbocycles. The lowest BCUT2D eigenvalue weighted by atomic mass is 10.9. The highest BCUT2D eigenvalue weighted by atomic mass is 32.2. The second-order valence-electron chi connectivity index (χ2n) is 2.11. The van der Waals surface area contributed by atoms with E-state index in [2.05, 4.69) is 11.6 Å². The summed E-state index contributed by atoms with van der Waals surface area (Å²) in [4.78, 5) is 11.0. The Bertz CT molecular complexity index is 148. The van der Waals surface area contributed by atoms with Crippen LogP contribution in [0.25, 0.3) is 0 Å². The van der Waals surface area contributed by atoms with Gasteiger partial charge in [-0.2, -0.15) is 11.8 Å². The van der Waals surface area contributed by atoms with E-state index in [-0.39, 0.29) is 11.8 Å². The van der Waals surface area contributed by atoms with Crippen LogP contribution in [-0.4, -0.2) is 45.0 Å². The van der Waals surface area contributed by atoms with Gasteiger partial charge < -0.3 is 10.4 Å². The summed E-state index contributed by atoms with van der Waals surface area (Å²) in [6.45, 7) is 0.0504. The minimum atomic E-state index is -0.0542. The van der Waals surface area contributed by atoms with Gasteiger partial charge in [0.15, 0.2) is 0 Å². The minimum absolute atomic E-state index is 0.0504. The molecule has 0 unspecified atom stereocenters. The van der Waals surface area contributed by atoms with Crippen LogP contribution < -0.4 is 5.32 Å². The van der Waals surface area contributed by atoms with E-state index < -0.39 is 0 Å². The summed E-state index contributed by atoms with van der Waals surface area (Å²) in [5.41, 5.74) is 0. The molecular formula is C7H15NO2S4. The van der Waals surface area contributed by atoms with Gasteiger partial charge in [-0.1, -0.05) is 11.8 Å². The van der Waals surface area contributed by atoms with Crippen molar-refractivity contribution in [2.45, 2.75) is 0 Å². The van der Waals surface area contributed by atoms with E-state index in [0.29, 0.717) is 11.6 Å². The Morgan fingerprint density at radius 1 is 1.36 bits per heavy atom. The van der Waals surface area contributed by atoms with E-state index in [0.717, 1.165) is 21.9 Å². The molecule has 0 aliphatic rings. The first-order chi connectivity index (χ1) is 6.81. The second-order valence-corrected chi connectivity index (χ2v) is 6.75. The zero-order valence-corrected chi connectivity index (χ0v) is 11.3. The quantitative estimate of drug-likeness (QED) is 0.522. The average Bonchev–Trinajstić information content (AvgIpc) is 2.20. The van der Waals surface area contributed by atoms with Crippen LogP contribution in [0, 0.1) is 0 Å². The van der Waals surface area contributed by atoms with Crippen molar-refractivity contribution in [3.63, 3.8) is 0 Å². The predicted molar refractivity (Wildman–Crippen MR) is 71.4 cm³/mol. The Morgan fingerprint density at radius 2 is 2.14 bits per heavy atom. The van der Waals surface area contributed by atoms with Crippen LogP contribution in [0.5, 0.6) is 0 Å². The molecule has 0 aromatic rings. The zero-order chi connectivity index (χ0) is 10.6. The molecule has 1 amide bonds. The van der Waals surface area contributed by atoms with Crippen molar-refractivity contribution in [1.29, 1.82) is 0 Å². The Balaban J connectivity index is 3.07. The number of carbonyl (C=O) groups is 1. The zero-order valence-electron chi connectivity index (χ0n) is 8.02. The standard InChI is InChI=1S/C7H15NO2S4/c1-11-5-13-6-12-4-8-7(10)14-3-2-9/h9H,2-6H2,1H3,(H,8,10). The summed E-state index contributed by atoms with van der Waals surface area (Å²) in [7, 11) is 0. The van der Waals surface area contributed by atoms with Crippen LogP contribution in [0.15, 0.2) is 0 Å². The molecule has 0 saturated carbocycles. The Kier molecular flexibility index (Phi) is 12.6. The first-order valence-electron chi connectivity index (χ1n) is 3.97. The maximum absolute atomic E-state index is 11.0. The molecule has 0 bridgehead atoms. The van der Waals surface area contributed by atoms with Gasteiger partial charge >= 0.3 is 0 Å². The summed E-state index contributed by atoms with van der Waals surface area (Å²) >= 11 is 6.48. The maximum atomic E-state index is 11.0. The summed E-state index contributed by atoms with van der Waals surface area (Å²) in [5.74, 6) is 1.12. The average molecular weight is 273 g/mol. The van der Waals surface area contributed by atoms with Crippen LogP contribution in [0.2, 0.25) is 0 Å². The predicted octanol–water partition coefficient (Wildman–Crippen LogP) is 2.12. The molecule has 3 nitrogen and oxygen atoms in total. The Morgan fingerprint density at radius 3 is 2.79 bits per heavy atom. The van der Waals surface area contributed by atoms with E-state index in [1.54, 1.807) is 11.8 Å². The molecular weight excluding hydrogens is 258 g/mol. The van der Waals surface area contributed by atoms with Crippen molar-refractivity contribution >= 4 is 52.3 Å². The molecule has 0 heterocycles. The van der Waals surface area contributed by atoms with Crippen molar-refractivity contribution in [3.8, 4) is 0 Å². The van der Waals surface area contributed by atoms with Crippen LogP contribution in [0.1, 0.15) is 0 Å². The van der Waals surface area contributed by atoms with Gasteiger partial charge in [-0.25, -0.2) is 0 Å². The van der Waals surface area contributed by atoms with Crippen molar-refractivity contribution in [2.75, 3.05) is 34.7 Å². The minimum Gasteiger partial charge on any atom is -0.396 e. The number of aliphatic hydroxyl groups is 1. The molecule has 0 aliphatic carbocycles. The van der Waals surface area contributed by atoms with Gasteiger partial charge in [0.2, 0.25) is 0 Å². The molecule has 2 N–H and O–H groups in total. The van der Waals surface area contributed by atoms with Gasteiger partial charge in [0.05, 0.1) is 12.5 Å². The number of hydrogen-bond acceptors (Lipinski definition) is 6. The number of carbonyl (C=O) groups excluding carboxylic acids is 1. The fourth-order valence-corrected chi connectivity index (χ4v) is 3.65. The molecule has 84 valence electrons. The summed E-state index contributed by atoms with van der Waals surface area (Å²) in [6, 6.07) is 0. The van der Waals surface area contributed by atoms with Crippen LogP contribution in [0.4, 0.5) is 4.79 Å².